The lowest BCUT2D eigenvalue weighted by Crippen LogP contribution is -2.32. The van der Waals surface area contributed by atoms with E-state index in [1.54, 1.807) is 12.1 Å². The van der Waals surface area contributed by atoms with E-state index < -0.39 is 12.1 Å². The maximum Gasteiger partial charge on any atom is 0.339 e. The van der Waals surface area contributed by atoms with Crippen molar-refractivity contribution >= 4 is 29.2 Å². The number of hydrogen-bond acceptors (Lipinski definition) is 4. The molecule has 0 bridgehead atoms. The van der Waals surface area contributed by atoms with Crippen LogP contribution >= 0.6 is 11.6 Å². The summed E-state index contributed by atoms with van der Waals surface area (Å²) in [5, 5.41) is 3.06. The Balaban J connectivity index is 1.71. The summed E-state index contributed by atoms with van der Waals surface area (Å²) in [6.45, 7) is 1.89. The predicted octanol–water partition coefficient (Wildman–Crippen LogP) is 4.80. The first kappa shape index (κ1) is 20.2. The minimum absolute atomic E-state index is 0.200. The molecule has 2 aromatic carbocycles. The number of fused-ring (bicyclic) bond motifs is 1. The Morgan fingerprint density at radius 1 is 1.11 bits per heavy atom. The van der Waals surface area contributed by atoms with Crippen molar-refractivity contribution in [3.63, 3.8) is 0 Å². The zero-order chi connectivity index (χ0) is 20.1. The van der Waals surface area contributed by atoms with Crippen LogP contribution in [0.4, 0.5) is 5.69 Å². The maximum absolute atomic E-state index is 12.7. The molecular formula is C22H24ClNO4. The van der Waals surface area contributed by atoms with E-state index in [1.165, 1.54) is 37.1 Å². The van der Waals surface area contributed by atoms with Crippen molar-refractivity contribution in [3.05, 3.63) is 58.1 Å². The Kier molecular flexibility index (Phi) is 6.57. The molecule has 3 rings (SSSR count). The summed E-state index contributed by atoms with van der Waals surface area (Å²) >= 11 is 6.02. The van der Waals surface area contributed by atoms with Gasteiger partial charge in [0.15, 0.2) is 6.10 Å². The number of anilines is 1. The van der Waals surface area contributed by atoms with Gasteiger partial charge in [-0.2, -0.15) is 0 Å². The monoisotopic (exact) mass is 401 g/mol. The number of rotatable bonds is 6. The Morgan fingerprint density at radius 3 is 2.57 bits per heavy atom. The van der Waals surface area contributed by atoms with Crippen molar-refractivity contribution in [2.75, 3.05) is 12.4 Å². The molecule has 1 amide bonds. The molecule has 0 radical (unpaired) electrons. The van der Waals surface area contributed by atoms with Gasteiger partial charge < -0.3 is 14.8 Å². The molecule has 148 valence electrons. The standard InChI is InChI=1S/C22H24ClNO4/c1-3-20(28-17-10-8-14-6-4-5-7-15(14)12-17)21(25)24-16-9-11-19(23)18(13-16)22(26)27-2/h8-13,20H,3-7H2,1-2H3,(H,24,25)/t20-/m0/s1. The van der Waals surface area contributed by atoms with Gasteiger partial charge in [-0.05, 0) is 73.6 Å². The summed E-state index contributed by atoms with van der Waals surface area (Å²) < 4.78 is 10.7. The number of amides is 1. The molecule has 0 unspecified atom stereocenters. The van der Waals surface area contributed by atoms with Crippen LogP contribution in [0.25, 0.3) is 0 Å². The van der Waals surface area contributed by atoms with Gasteiger partial charge in [0, 0.05) is 5.69 Å². The van der Waals surface area contributed by atoms with E-state index in [0.717, 1.165) is 12.8 Å². The van der Waals surface area contributed by atoms with Crippen molar-refractivity contribution in [3.8, 4) is 5.75 Å². The van der Waals surface area contributed by atoms with E-state index >= 15 is 0 Å². The van der Waals surface area contributed by atoms with Crippen LogP contribution in [-0.2, 0) is 22.4 Å². The quantitative estimate of drug-likeness (QED) is 0.706. The molecule has 0 saturated carbocycles. The van der Waals surface area contributed by atoms with Gasteiger partial charge in [-0.15, -0.1) is 0 Å². The van der Waals surface area contributed by atoms with Gasteiger partial charge in [0.05, 0.1) is 17.7 Å². The van der Waals surface area contributed by atoms with Crippen molar-refractivity contribution in [2.45, 2.75) is 45.1 Å². The van der Waals surface area contributed by atoms with Gasteiger partial charge in [-0.3, -0.25) is 4.79 Å². The second kappa shape index (κ2) is 9.11. The first-order chi connectivity index (χ1) is 13.5. The second-order valence-corrected chi connectivity index (χ2v) is 7.24. The molecule has 1 N–H and O–H groups in total. The van der Waals surface area contributed by atoms with E-state index in [9.17, 15) is 9.59 Å². The molecule has 0 aromatic heterocycles. The van der Waals surface area contributed by atoms with Crippen LogP contribution in [0.15, 0.2) is 36.4 Å². The number of hydrogen-bond donors (Lipinski definition) is 1. The Bertz CT molecular complexity index is 881. The number of aryl methyl sites for hydroxylation is 2. The third-order valence-corrected chi connectivity index (χ3v) is 5.23. The zero-order valence-corrected chi connectivity index (χ0v) is 16.8. The number of methoxy groups -OCH3 is 1. The first-order valence-corrected chi connectivity index (χ1v) is 9.86. The fraction of sp³-hybridized carbons (Fsp3) is 0.364. The van der Waals surface area contributed by atoms with E-state index in [0.29, 0.717) is 17.9 Å². The highest BCUT2D eigenvalue weighted by atomic mass is 35.5. The number of benzene rings is 2. The number of ether oxygens (including phenoxy) is 2. The minimum atomic E-state index is -0.640. The summed E-state index contributed by atoms with van der Waals surface area (Å²) in [7, 11) is 1.28. The fourth-order valence-electron chi connectivity index (χ4n) is 3.36. The van der Waals surface area contributed by atoms with Crippen LogP contribution < -0.4 is 10.1 Å². The highest BCUT2D eigenvalue weighted by Crippen LogP contribution is 2.27. The highest BCUT2D eigenvalue weighted by Gasteiger charge is 2.21. The molecule has 1 atom stereocenters. The van der Waals surface area contributed by atoms with E-state index in [4.69, 9.17) is 21.1 Å². The minimum Gasteiger partial charge on any atom is -0.481 e. The fourth-order valence-corrected chi connectivity index (χ4v) is 3.56. The van der Waals surface area contributed by atoms with Crippen LogP contribution in [0.2, 0.25) is 5.02 Å². The molecule has 0 fully saturated rings. The molecule has 0 spiro atoms. The number of nitrogens with one attached hydrogen (secondary N) is 1. The van der Waals surface area contributed by atoms with Gasteiger partial charge in [-0.25, -0.2) is 4.79 Å². The maximum atomic E-state index is 12.7. The Hall–Kier alpha value is -2.53. The lowest BCUT2D eigenvalue weighted by molar-refractivity contribution is -0.122. The summed E-state index contributed by atoms with van der Waals surface area (Å²) in [6, 6.07) is 10.8. The summed E-state index contributed by atoms with van der Waals surface area (Å²) in [4.78, 5) is 24.5. The van der Waals surface area contributed by atoms with Crippen molar-refractivity contribution < 1.29 is 19.1 Å². The average Bonchev–Trinajstić information content (AvgIpc) is 2.72. The second-order valence-electron chi connectivity index (χ2n) is 6.83. The largest absolute Gasteiger partial charge is 0.481 e. The SMILES string of the molecule is CC[C@H](Oc1ccc2c(c1)CCCC2)C(=O)Nc1ccc(Cl)c(C(=O)OC)c1. The van der Waals surface area contributed by atoms with Gasteiger partial charge >= 0.3 is 5.97 Å². The molecule has 0 heterocycles. The van der Waals surface area contributed by atoms with E-state index in [-0.39, 0.29) is 16.5 Å². The average molecular weight is 402 g/mol. The normalized spacial score (nSPS) is 14.0. The van der Waals surface area contributed by atoms with Crippen LogP contribution in [0, 0.1) is 0 Å². The predicted molar refractivity (Wildman–Crippen MR) is 109 cm³/mol. The van der Waals surface area contributed by atoms with Crippen molar-refractivity contribution in [1.82, 2.24) is 0 Å². The van der Waals surface area contributed by atoms with Crippen LogP contribution in [0.5, 0.6) is 5.75 Å². The number of carbonyl (C=O) groups is 2. The van der Waals surface area contributed by atoms with E-state index in [1.807, 2.05) is 19.1 Å². The summed E-state index contributed by atoms with van der Waals surface area (Å²) in [5.74, 6) is -0.134. The topological polar surface area (TPSA) is 64.6 Å². The number of carbonyl (C=O) groups excluding carboxylic acids is 2. The summed E-state index contributed by atoms with van der Waals surface area (Å²) in [5.41, 5.74) is 3.33. The molecule has 0 saturated heterocycles. The third kappa shape index (κ3) is 4.65. The van der Waals surface area contributed by atoms with Gasteiger partial charge in [0.2, 0.25) is 0 Å². The zero-order valence-electron chi connectivity index (χ0n) is 16.1. The molecule has 2 aromatic rings. The van der Waals surface area contributed by atoms with Crippen LogP contribution in [0.3, 0.4) is 0 Å². The molecular weight excluding hydrogens is 378 g/mol. The van der Waals surface area contributed by atoms with Gasteiger partial charge in [-0.1, -0.05) is 24.6 Å². The lowest BCUT2D eigenvalue weighted by Gasteiger charge is -2.20. The molecule has 1 aliphatic carbocycles. The molecule has 28 heavy (non-hydrogen) atoms. The number of halogens is 1. The molecule has 5 nitrogen and oxygen atoms in total. The Morgan fingerprint density at radius 2 is 1.86 bits per heavy atom. The molecule has 6 heteroatoms. The smallest absolute Gasteiger partial charge is 0.339 e. The van der Waals surface area contributed by atoms with Gasteiger partial charge in [0.25, 0.3) is 5.91 Å². The molecule has 0 aliphatic heterocycles. The first-order valence-electron chi connectivity index (χ1n) is 9.49. The van der Waals surface area contributed by atoms with Gasteiger partial charge in [0.1, 0.15) is 5.75 Å². The number of esters is 1. The highest BCUT2D eigenvalue weighted by molar-refractivity contribution is 6.33. The van der Waals surface area contributed by atoms with Crippen LogP contribution in [-0.4, -0.2) is 25.1 Å². The van der Waals surface area contributed by atoms with Crippen molar-refractivity contribution in [2.24, 2.45) is 0 Å². The molecule has 1 aliphatic rings. The van der Waals surface area contributed by atoms with Crippen LogP contribution in [0.1, 0.15) is 47.7 Å². The Labute approximate surface area is 170 Å². The van der Waals surface area contributed by atoms with E-state index in [2.05, 4.69) is 11.4 Å². The van der Waals surface area contributed by atoms with Crippen molar-refractivity contribution in [1.29, 1.82) is 0 Å². The lowest BCUT2D eigenvalue weighted by atomic mass is 9.92. The summed E-state index contributed by atoms with van der Waals surface area (Å²) in [6.07, 6.45) is 4.44. The third-order valence-electron chi connectivity index (χ3n) is 4.90.